The van der Waals surface area contributed by atoms with Crippen molar-refractivity contribution in [2.24, 2.45) is 0 Å². The molecule has 0 unspecified atom stereocenters. The Labute approximate surface area is 188 Å². The van der Waals surface area contributed by atoms with E-state index in [0.29, 0.717) is 5.69 Å². The van der Waals surface area contributed by atoms with Gasteiger partial charge in [-0.1, -0.05) is 18.2 Å². The SMILES string of the molecule is [C-]#[N+]c1cccc(-c2c([C@H](OC(C)(C)C)C(C)=O)c(C)nc3sc4c(c23)CCCC4)c1. The average Bonchev–Trinajstić information content (AvgIpc) is 3.08. The smallest absolute Gasteiger partial charge is 0.187 e. The second-order valence-corrected chi connectivity index (χ2v) is 10.3. The van der Waals surface area contributed by atoms with Gasteiger partial charge in [-0.15, -0.1) is 11.3 Å². The number of hydrogen-bond acceptors (Lipinski definition) is 4. The van der Waals surface area contributed by atoms with Crippen LogP contribution in [0, 0.1) is 13.5 Å². The topological polar surface area (TPSA) is 43.5 Å². The minimum absolute atomic E-state index is 0.0362. The van der Waals surface area contributed by atoms with Crippen LogP contribution in [0.3, 0.4) is 0 Å². The van der Waals surface area contributed by atoms with Crippen LogP contribution in [0.25, 0.3) is 26.2 Å². The summed E-state index contributed by atoms with van der Waals surface area (Å²) in [5.41, 5.74) is 5.09. The Morgan fingerprint density at radius 3 is 2.68 bits per heavy atom. The van der Waals surface area contributed by atoms with E-state index in [4.69, 9.17) is 16.3 Å². The molecule has 3 aromatic rings. The maximum atomic E-state index is 12.8. The summed E-state index contributed by atoms with van der Waals surface area (Å²) in [6.45, 7) is 17.0. The first-order valence-electron chi connectivity index (χ1n) is 10.8. The van der Waals surface area contributed by atoms with Gasteiger partial charge in [-0.3, -0.25) is 4.79 Å². The van der Waals surface area contributed by atoms with E-state index >= 15 is 0 Å². The van der Waals surface area contributed by atoms with Crippen molar-refractivity contribution in [3.63, 3.8) is 0 Å². The van der Waals surface area contributed by atoms with Gasteiger partial charge in [0, 0.05) is 21.5 Å². The zero-order valence-corrected chi connectivity index (χ0v) is 19.7. The van der Waals surface area contributed by atoms with Crippen molar-refractivity contribution in [1.29, 1.82) is 0 Å². The lowest BCUT2D eigenvalue weighted by Gasteiger charge is -2.29. The molecule has 0 spiro atoms. The van der Waals surface area contributed by atoms with Crippen molar-refractivity contribution in [3.05, 3.63) is 57.4 Å². The summed E-state index contributed by atoms with van der Waals surface area (Å²) < 4.78 is 6.31. The van der Waals surface area contributed by atoms with Gasteiger partial charge in [-0.25, -0.2) is 9.83 Å². The van der Waals surface area contributed by atoms with Gasteiger partial charge in [0.05, 0.1) is 12.2 Å². The summed E-state index contributed by atoms with van der Waals surface area (Å²) in [6.07, 6.45) is 3.78. The summed E-state index contributed by atoms with van der Waals surface area (Å²) in [5.74, 6) is -0.0362. The number of benzene rings is 1. The molecule has 0 saturated carbocycles. The molecular weight excluding hydrogens is 404 g/mol. The zero-order chi connectivity index (χ0) is 22.3. The lowest BCUT2D eigenvalue weighted by atomic mass is 9.87. The molecule has 31 heavy (non-hydrogen) atoms. The summed E-state index contributed by atoms with van der Waals surface area (Å²) in [4.78, 5) is 23.9. The fourth-order valence-corrected chi connectivity index (χ4v) is 5.78. The number of rotatable bonds is 4. The second-order valence-electron chi connectivity index (χ2n) is 9.26. The van der Waals surface area contributed by atoms with Gasteiger partial charge in [0.2, 0.25) is 0 Å². The molecule has 0 radical (unpaired) electrons. The quantitative estimate of drug-likeness (QED) is 0.411. The third-order valence-corrected chi connectivity index (χ3v) is 6.88. The van der Waals surface area contributed by atoms with E-state index in [2.05, 4.69) is 4.85 Å². The van der Waals surface area contributed by atoms with Crippen LogP contribution in [0.15, 0.2) is 24.3 Å². The van der Waals surface area contributed by atoms with Gasteiger partial charge >= 0.3 is 0 Å². The number of pyridine rings is 1. The minimum Gasteiger partial charge on any atom is -0.360 e. The number of ether oxygens (including phenoxy) is 1. The fraction of sp³-hybridized carbons (Fsp3) is 0.423. The number of ketones is 1. The highest BCUT2D eigenvalue weighted by Crippen LogP contribution is 2.46. The van der Waals surface area contributed by atoms with Gasteiger partial charge in [0.15, 0.2) is 11.5 Å². The molecule has 1 aliphatic carbocycles. The third kappa shape index (κ3) is 4.15. The first-order valence-corrected chi connectivity index (χ1v) is 11.6. The molecule has 0 bridgehead atoms. The van der Waals surface area contributed by atoms with Gasteiger partial charge in [-0.05, 0) is 83.1 Å². The molecule has 0 saturated heterocycles. The number of aromatic nitrogens is 1. The minimum atomic E-state index is -0.706. The van der Waals surface area contributed by atoms with Gasteiger partial charge < -0.3 is 4.74 Å². The van der Waals surface area contributed by atoms with E-state index in [1.165, 1.54) is 16.9 Å². The Morgan fingerprint density at radius 1 is 1.26 bits per heavy atom. The molecule has 4 rings (SSSR count). The summed E-state index contributed by atoms with van der Waals surface area (Å²) in [6, 6.07) is 7.69. The predicted octanol–water partition coefficient (Wildman–Crippen LogP) is 7.15. The van der Waals surface area contributed by atoms with Crippen molar-refractivity contribution >= 4 is 33.0 Å². The van der Waals surface area contributed by atoms with Crippen molar-refractivity contribution in [1.82, 2.24) is 4.98 Å². The molecular formula is C26H28N2O2S. The van der Waals surface area contributed by atoms with Crippen molar-refractivity contribution in [2.45, 2.75) is 72.0 Å². The van der Waals surface area contributed by atoms with E-state index in [1.54, 1.807) is 18.3 Å². The standard InChI is InChI=1S/C26H28N2O2S/c1-15-21(24(16(2)29)30-26(3,4)5)22(17-10-9-11-18(14-17)27-6)23-19-12-7-8-13-20(19)31-25(23)28-15/h9-11,14,24H,7-8,12-13H2,1-5H3/t24-/m1/s1. The molecule has 2 aromatic heterocycles. The molecule has 160 valence electrons. The molecule has 1 atom stereocenters. The Balaban J connectivity index is 2.11. The molecule has 0 amide bonds. The number of fused-ring (bicyclic) bond motifs is 3. The fourth-order valence-electron chi connectivity index (χ4n) is 4.47. The highest BCUT2D eigenvalue weighted by molar-refractivity contribution is 7.19. The maximum absolute atomic E-state index is 12.8. The number of aryl methyl sites for hydroxylation is 3. The molecule has 1 aliphatic rings. The summed E-state index contributed by atoms with van der Waals surface area (Å²) >= 11 is 1.78. The van der Waals surface area contributed by atoms with E-state index < -0.39 is 11.7 Å². The molecule has 0 aliphatic heterocycles. The van der Waals surface area contributed by atoms with Crippen LogP contribution in [0.1, 0.15) is 68.3 Å². The molecule has 0 fully saturated rings. The third-order valence-electron chi connectivity index (χ3n) is 5.70. The highest BCUT2D eigenvalue weighted by Gasteiger charge is 2.32. The van der Waals surface area contributed by atoms with Crippen molar-refractivity contribution in [2.75, 3.05) is 0 Å². The first kappa shape index (κ1) is 21.7. The number of Topliss-reactive ketones (excluding diaryl/α,β-unsaturated/α-hetero) is 1. The number of carbonyl (C=O) groups excluding carboxylic acids is 1. The number of carbonyl (C=O) groups is 1. The predicted molar refractivity (Wildman–Crippen MR) is 127 cm³/mol. The van der Waals surface area contributed by atoms with Crippen LogP contribution in [-0.2, 0) is 22.4 Å². The van der Waals surface area contributed by atoms with Crippen LogP contribution in [0.2, 0.25) is 0 Å². The Morgan fingerprint density at radius 2 is 2.00 bits per heavy atom. The zero-order valence-electron chi connectivity index (χ0n) is 18.8. The maximum Gasteiger partial charge on any atom is 0.187 e. The van der Waals surface area contributed by atoms with E-state index in [0.717, 1.165) is 51.9 Å². The van der Waals surface area contributed by atoms with Gasteiger partial charge in [0.1, 0.15) is 10.9 Å². The Bertz CT molecular complexity index is 1210. The van der Waals surface area contributed by atoms with Crippen LogP contribution < -0.4 is 0 Å². The van der Waals surface area contributed by atoms with Gasteiger partial charge in [0.25, 0.3) is 0 Å². The van der Waals surface area contributed by atoms with E-state index in [9.17, 15) is 4.79 Å². The van der Waals surface area contributed by atoms with Crippen molar-refractivity contribution < 1.29 is 9.53 Å². The monoisotopic (exact) mass is 432 g/mol. The molecule has 0 N–H and O–H groups in total. The van der Waals surface area contributed by atoms with Crippen LogP contribution in [-0.4, -0.2) is 16.4 Å². The summed E-state index contributed by atoms with van der Waals surface area (Å²) in [5, 5.41) is 1.14. The first-order chi connectivity index (χ1) is 14.7. The number of hydrogen-bond donors (Lipinski definition) is 0. The van der Waals surface area contributed by atoms with Crippen LogP contribution in [0.5, 0.6) is 0 Å². The van der Waals surface area contributed by atoms with E-state index in [1.807, 2.05) is 52.0 Å². The molecule has 1 aromatic carbocycles. The average molecular weight is 433 g/mol. The molecule has 2 heterocycles. The largest absolute Gasteiger partial charge is 0.360 e. The Kier molecular flexibility index (Phi) is 5.72. The molecule has 5 heteroatoms. The molecule has 4 nitrogen and oxygen atoms in total. The lowest BCUT2D eigenvalue weighted by molar-refractivity contribution is -0.138. The normalized spacial score (nSPS) is 14.8. The number of thiophene rings is 1. The summed E-state index contributed by atoms with van der Waals surface area (Å²) in [7, 11) is 0. The Hall–Kier alpha value is -2.55. The van der Waals surface area contributed by atoms with Crippen LogP contribution >= 0.6 is 11.3 Å². The second kappa shape index (κ2) is 8.18. The van der Waals surface area contributed by atoms with Crippen LogP contribution in [0.4, 0.5) is 5.69 Å². The lowest BCUT2D eigenvalue weighted by Crippen LogP contribution is -2.27. The number of nitrogens with zero attached hydrogens (tertiary/aromatic N) is 2. The van der Waals surface area contributed by atoms with Gasteiger partial charge in [-0.2, -0.15) is 0 Å². The van der Waals surface area contributed by atoms with E-state index in [-0.39, 0.29) is 5.78 Å². The highest BCUT2D eigenvalue weighted by atomic mass is 32.1. The van der Waals surface area contributed by atoms with Crippen molar-refractivity contribution in [3.8, 4) is 11.1 Å².